The summed E-state index contributed by atoms with van der Waals surface area (Å²) in [5.41, 5.74) is 0.436. The molecule has 0 spiro atoms. The summed E-state index contributed by atoms with van der Waals surface area (Å²) in [6, 6.07) is 6.63. The molecule has 0 saturated carbocycles. The first-order valence-corrected chi connectivity index (χ1v) is 4.98. The largest absolute Gasteiger partial charge is 0.506 e. The van der Waals surface area contributed by atoms with E-state index in [-0.39, 0.29) is 17.6 Å². The van der Waals surface area contributed by atoms with Gasteiger partial charge in [0.05, 0.1) is 5.69 Å². The molecule has 2 N–H and O–H groups in total. The van der Waals surface area contributed by atoms with E-state index in [4.69, 9.17) is 0 Å². The molecule has 1 rings (SSSR count). The van der Waals surface area contributed by atoms with Gasteiger partial charge in [0.15, 0.2) is 0 Å². The molecular weight excluding hydrogens is 198 g/mol. The zero-order valence-electron chi connectivity index (χ0n) is 7.90. The topological polar surface area (TPSA) is 49.3 Å². The van der Waals surface area contributed by atoms with Crippen LogP contribution in [0.2, 0.25) is 0 Å². The standard InChI is InChI=1S/C10H13NO2S/c1-7(6-14)10(13)11-8-4-2-3-5-9(8)12/h2-5,7,12,14H,6H2,1H3,(H,11,13). The predicted octanol–water partition coefficient (Wildman–Crippen LogP) is 1.90. The molecule has 0 aliphatic heterocycles. The molecule has 0 saturated heterocycles. The molecule has 0 aliphatic rings. The van der Waals surface area contributed by atoms with Crippen LogP contribution in [0.5, 0.6) is 5.75 Å². The van der Waals surface area contributed by atoms with Crippen molar-refractivity contribution in [1.29, 1.82) is 0 Å². The number of carbonyl (C=O) groups is 1. The molecule has 0 fully saturated rings. The molecule has 4 heteroatoms. The van der Waals surface area contributed by atoms with Crippen LogP contribution in [-0.2, 0) is 4.79 Å². The van der Waals surface area contributed by atoms with Gasteiger partial charge in [-0.15, -0.1) is 0 Å². The number of rotatable bonds is 3. The number of benzene rings is 1. The van der Waals surface area contributed by atoms with E-state index in [0.29, 0.717) is 11.4 Å². The number of thiol groups is 1. The Morgan fingerprint density at radius 3 is 2.79 bits per heavy atom. The van der Waals surface area contributed by atoms with Crippen molar-refractivity contribution in [1.82, 2.24) is 0 Å². The number of nitrogens with one attached hydrogen (secondary N) is 1. The first-order valence-electron chi connectivity index (χ1n) is 4.35. The second-order valence-corrected chi connectivity index (χ2v) is 3.46. The number of carbonyl (C=O) groups excluding carboxylic acids is 1. The van der Waals surface area contributed by atoms with Gasteiger partial charge in [0.25, 0.3) is 0 Å². The van der Waals surface area contributed by atoms with E-state index in [2.05, 4.69) is 17.9 Å². The minimum atomic E-state index is -0.169. The Kier molecular flexibility index (Phi) is 3.83. The fraction of sp³-hybridized carbons (Fsp3) is 0.300. The number of phenols is 1. The van der Waals surface area contributed by atoms with Crippen molar-refractivity contribution < 1.29 is 9.90 Å². The van der Waals surface area contributed by atoms with E-state index in [1.165, 1.54) is 6.07 Å². The third kappa shape index (κ3) is 2.67. The Morgan fingerprint density at radius 1 is 1.57 bits per heavy atom. The van der Waals surface area contributed by atoms with Crippen LogP contribution in [0.1, 0.15) is 6.92 Å². The summed E-state index contributed by atoms with van der Waals surface area (Å²) in [6.45, 7) is 1.78. The molecule has 0 aliphatic carbocycles. The molecule has 1 aromatic carbocycles. The van der Waals surface area contributed by atoms with Crippen LogP contribution in [0.15, 0.2) is 24.3 Å². The van der Waals surface area contributed by atoms with Gasteiger partial charge in [-0.1, -0.05) is 19.1 Å². The maximum Gasteiger partial charge on any atom is 0.228 e. The zero-order chi connectivity index (χ0) is 10.6. The summed E-state index contributed by atoms with van der Waals surface area (Å²) in [5, 5.41) is 12.0. The molecule has 1 unspecified atom stereocenters. The summed E-state index contributed by atoms with van der Waals surface area (Å²) in [5.74, 6) is 0.256. The predicted molar refractivity (Wildman–Crippen MR) is 59.8 cm³/mol. The van der Waals surface area contributed by atoms with E-state index in [9.17, 15) is 9.90 Å². The first-order chi connectivity index (χ1) is 6.65. The van der Waals surface area contributed by atoms with Crippen LogP contribution in [0.4, 0.5) is 5.69 Å². The highest BCUT2D eigenvalue weighted by atomic mass is 32.1. The molecule has 1 aromatic rings. The van der Waals surface area contributed by atoms with E-state index >= 15 is 0 Å². The lowest BCUT2D eigenvalue weighted by atomic mass is 10.2. The maximum absolute atomic E-state index is 11.4. The maximum atomic E-state index is 11.4. The lowest BCUT2D eigenvalue weighted by molar-refractivity contribution is -0.118. The third-order valence-corrected chi connectivity index (χ3v) is 2.43. The van der Waals surface area contributed by atoms with Crippen molar-refractivity contribution in [3.8, 4) is 5.75 Å². The molecule has 0 radical (unpaired) electrons. The van der Waals surface area contributed by atoms with E-state index in [1.807, 2.05) is 0 Å². The number of anilines is 1. The molecule has 0 aromatic heterocycles. The van der Waals surface area contributed by atoms with Crippen molar-refractivity contribution in [2.24, 2.45) is 5.92 Å². The molecule has 3 nitrogen and oxygen atoms in total. The smallest absolute Gasteiger partial charge is 0.228 e. The van der Waals surface area contributed by atoms with Crippen molar-refractivity contribution in [3.05, 3.63) is 24.3 Å². The zero-order valence-corrected chi connectivity index (χ0v) is 8.79. The molecular formula is C10H13NO2S. The fourth-order valence-electron chi connectivity index (χ4n) is 0.918. The summed E-state index contributed by atoms with van der Waals surface area (Å²) < 4.78 is 0. The van der Waals surface area contributed by atoms with Crippen LogP contribution in [0, 0.1) is 5.92 Å². The van der Waals surface area contributed by atoms with Gasteiger partial charge in [0.2, 0.25) is 5.91 Å². The van der Waals surface area contributed by atoms with Crippen LogP contribution in [0.3, 0.4) is 0 Å². The first kappa shape index (κ1) is 10.9. The van der Waals surface area contributed by atoms with Crippen molar-refractivity contribution in [3.63, 3.8) is 0 Å². The van der Waals surface area contributed by atoms with Crippen molar-refractivity contribution >= 4 is 24.2 Å². The van der Waals surface area contributed by atoms with Gasteiger partial charge in [0, 0.05) is 11.7 Å². The average Bonchev–Trinajstić information content (AvgIpc) is 2.20. The van der Waals surface area contributed by atoms with Crippen LogP contribution < -0.4 is 5.32 Å². The number of hydrogen-bond acceptors (Lipinski definition) is 3. The monoisotopic (exact) mass is 211 g/mol. The minimum absolute atomic E-state index is 0.0761. The molecule has 14 heavy (non-hydrogen) atoms. The van der Waals surface area contributed by atoms with Gasteiger partial charge in [-0.05, 0) is 12.1 Å². The highest BCUT2D eigenvalue weighted by Crippen LogP contribution is 2.22. The summed E-state index contributed by atoms with van der Waals surface area (Å²) in [4.78, 5) is 11.4. The third-order valence-electron chi connectivity index (χ3n) is 1.88. The second kappa shape index (κ2) is 4.91. The Hall–Kier alpha value is -1.16. The summed E-state index contributed by atoms with van der Waals surface area (Å²) in [6.07, 6.45) is 0. The number of hydrogen-bond donors (Lipinski definition) is 3. The van der Waals surface area contributed by atoms with Gasteiger partial charge < -0.3 is 10.4 Å². The van der Waals surface area contributed by atoms with Gasteiger partial charge >= 0.3 is 0 Å². The average molecular weight is 211 g/mol. The Bertz CT molecular complexity index is 328. The van der Waals surface area contributed by atoms with Gasteiger partial charge in [0.1, 0.15) is 5.75 Å². The van der Waals surface area contributed by atoms with Crippen molar-refractivity contribution in [2.45, 2.75) is 6.92 Å². The lowest BCUT2D eigenvalue weighted by Crippen LogP contribution is -2.21. The van der Waals surface area contributed by atoms with Gasteiger partial charge in [-0.25, -0.2) is 0 Å². The Morgan fingerprint density at radius 2 is 2.21 bits per heavy atom. The van der Waals surface area contributed by atoms with Gasteiger partial charge in [-0.3, -0.25) is 4.79 Å². The van der Waals surface area contributed by atoms with Crippen LogP contribution >= 0.6 is 12.6 Å². The minimum Gasteiger partial charge on any atom is -0.506 e. The van der Waals surface area contributed by atoms with Gasteiger partial charge in [-0.2, -0.15) is 12.6 Å². The second-order valence-electron chi connectivity index (χ2n) is 3.09. The molecule has 76 valence electrons. The van der Waals surface area contributed by atoms with E-state index in [0.717, 1.165) is 0 Å². The number of aromatic hydroxyl groups is 1. The Balaban J connectivity index is 2.70. The molecule has 0 heterocycles. The fourth-order valence-corrected chi connectivity index (χ4v) is 1.08. The number of para-hydroxylation sites is 2. The molecule has 0 bridgehead atoms. The van der Waals surface area contributed by atoms with Crippen LogP contribution in [-0.4, -0.2) is 16.8 Å². The lowest BCUT2D eigenvalue weighted by Gasteiger charge is -2.10. The molecule has 1 atom stereocenters. The summed E-state index contributed by atoms with van der Waals surface area (Å²) >= 11 is 4.02. The van der Waals surface area contributed by atoms with Crippen LogP contribution in [0.25, 0.3) is 0 Å². The molecule has 1 amide bonds. The number of amides is 1. The SMILES string of the molecule is CC(CS)C(=O)Nc1ccccc1O. The van der Waals surface area contributed by atoms with E-state index in [1.54, 1.807) is 25.1 Å². The number of phenolic OH excluding ortho intramolecular Hbond substituents is 1. The van der Waals surface area contributed by atoms with Crippen molar-refractivity contribution in [2.75, 3.05) is 11.1 Å². The quantitative estimate of drug-likeness (QED) is 0.528. The normalized spacial score (nSPS) is 12.1. The highest BCUT2D eigenvalue weighted by Gasteiger charge is 2.12. The Labute approximate surface area is 88.6 Å². The summed E-state index contributed by atoms with van der Waals surface area (Å²) in [7, 11) is 0. The highest BCUT2D eigenvalue weighted by molar-refractivity contribution is 7.80. The van der Waals surface area contributed by atoms with E-state index < -0.39 is 0 Å².